The van der Waals surface area contributed by atoms with Crippen LogP contribution in [0.4, 0.5) is 0 Å². The van der Waals surface area contributed by atoms with Gasteiger partial charge in [-0.15, -0.1) is 0 Å². The van der Waals surface area contributed by atoms with Crippen LogP contribution in [0.25, 0.3) is 43.8 Å². The fourth-order valence-corrected chi connectivity index (χ4v) is 11.4. The number of hydrogen-bond donors (Lipinski definition) is 0. The molecule has 86 heavy (non-hydrogen) atoms. The van der Waals surface area contributed by atoms with E-state index in [1.54, 1.807) is 39.8 Å². The van der Waals surface area contributed by atoms with E-state index in [-0.39, 0.29) is 0 Å². The lowest BCUT2D eigenvalue weighted by Gasteiger charge is -2.34. The lowest BCUT2D eigenvalue weighted by molar-refractivity contribution is -0.130. The minimum atomic E-state index is -0.624. The maximum Gasteiger partial charge on any atom is 0.338 e. The molecule has 0 N–H and O–H groups in total. The van der Waals surface area contributed by atoms with E-state index < -0.39 is 34.7 Å². The first-order valence-electron chi connectivity index (χ1n) is 27.9. The number of fused-ring (bicyclic) bond motifs is 8. The van der Waals surface area contributed by atoms with Gasteiger partial charge in [-0.2, -0.15) is 0 Å². The summed E-state index contributed by atoms with van der Waals surface area (Å²) < 4.78 is 21.9. The van der Waals surface area contributed by atoms with Crippen LogP contribution < -0.4 is 18.9 Å². The maximum atomic E-state index is 12.1. The van der Waals surface area contributed by atoms with Crippen LogP contribution in [0.15, 0.2) is 292 Å². The Bertz CT molecular complexity index is 4140. The zero-order valence-corrected chi connectivity index (χ0v) is 48.4. The molecule has 0 radical (unpaired) electrons. The zero-order chi connectivity index (χ0) is 60.9. The molecular formula is C78H62O8. The van der Waals surface area contributed by atoms with E-state index in [1.807, 2.05) is 109 Å². The molecule has 0 atom stereocenters. The van der Waals surface area contributed by atoms with Gasteiger partial charge in [-0.3, -0.25) is 0 Å². The van der Waals surface area contributed by atoms with Crippen LogP contribution in [0.1, 0.15) is 72.2 Å². The molecule has 0 fully saturated rings. The van der Waals surface area contributed by atoms with Crippen LogP contribution in [-0.2, 0) is 30.0 Å². The Balaban J connectivity index is 0.000000183. The van der Waals surface area contributed by atoms with Crippen molar-refractivity contribution in [3.8, 4) is 45.3 Å². The van der Waals surface area contributed by atoms with Crippen molar-refractivity contribution in [2.75, 3.05) is 0 Å². The Morgan fingerprint density at radius 1 is 0.302 bits per heavy atom. The van der Waals surface area contributed by atoms with Crippen molar-refractivity contribution in [2.24, 2.45) is 0 Å². The molecule has 2 aliphatic rings. The van der Waals surface area contributed by atoms with Gasteiger partial charge in [0, 0.05) is 22.3 Å². The Hall–Kier alpha value is -11.0. The second-order valence-electron chi connectivity index (χ2n) is 21.3. The van der Waals surface area contributed by atoms with E-state index in [9.17, 15) is 19.2 Å². The molecule has 0 heterocycles. The summed E-state index contributed by atoms with van der Waals surface area (Å²) >= 11 is 0. The molecule has 0 aromatic heterocycles. The standard InChI is InChI=1S/C41H30O4.C33H26O4.C4H6/c1-25(2)39(42)44-33-19-15-27-21-31(17-13-29(27)23-33)41(37-11-7-5-9-35(37)36-10-6-8-12-38(36)41)32-18-14-30-24-34(20-16-28(30)22-32)45-40(43)26(3)4;1-21(2)31(34)36-25-17-13-23(14-18-25)33(24-15-19-26(20-16-24)37-32(35)22(3)4)29-11-7-5-9-27(29)28-10-6-8-12-30(28)33;1-3-4-2/h5-24H,1,3H2,2,4H3;5-20H,1,3H2,2,4H3;3-4H,1-2H2. The van der Waals surface area contributed by atoms with Gasteiger partial charge < -0.3 is 18.9 Å². The fourth-order valence-electron chi connectivity index (χ4n) is 11.4. The van der Waals surface area contributed by atoms with Crippen molar-refractivity contribution in [3.05, 3.63) is 337 Å². The SMILES string of the molecule is C=C(C)C(=O)Oc1ccc(C2(c3ccc(OC(=O)C(=C)C)cc3)c3ccccc3-c3ccccc32)cc1.C=C(C)C(=O)Oc1ccc2cc(C3(c4ccc5cc(OC(=O)C(=C)C)ccc5c4)c4ccccc4-c4ccccc43)ccc2c1.C=CC=C. The molecule has 0 amide bonds. The van der Waals surface area contributed by atoms with Crippen molar-refractivity contribution in [3.63, 3.8) is 0 Å². The molecule has 422 valence electrons. The van der Waals surface area contributed by atoms with Crippen molar-refractivity contribution in [1.82, 2.24) is 0 Å². The van der Waals surface area contributed by atoms with Gasteiger partial charge in [0.25, 0.3) is 0 Å². The largest absolute Gasteiger partial charge is 0.423 e. The molecule has 2 aliphatic carbocycles. The van der Waals surface area contributed by atoms with Crippen molar-refractivity contribution >= 4 is 45.4 Å². The third-order valence-electron chi connectivity index (χ3n) is 15.4. The number of hydrogen-bond acceptors (Lipinski definition) is 8. The second kappa shape index (κ2) is 24.5. The number of ether oxygens (including phenoxy) is 4. The number of benzene rings is 10. The van der Waals surface area contributed by atoms with Gasteiger partial charge in [0.05, 0.1) is 10.8 Å². The van der Waals surface area contributed by atoms with Crippen molar-refractivity contribution < 1.29 is 38.1 Å². The lowest BCUT2D eigenvalue weighted by Crippen LogP contribution is -2.28. The third-order valence-corrected chi connectivity index (χ3v) is 15.4. The average molecular weight is 1130 g/mol. The average Bonchev–Trinajstić information content (AvgIpc) is 1.55. The molecule has 0 spiro atoms. The van der Waals surface area contributed by atoms with Gasteiger partial charge in [-0.05, 0) is 177 Å². The van der Waals surface area contributed by atoms with Crippen LogP contribution in [0.2, 0.25) is 0 Å². The molecule has 0 aliphatic heterocycles. The minimum Gasteiger partial charge on any atom is -0.423 e. The molecule has 8 nitrogen and oxygen atoms in total. The molecule has 0 bridgehead atoms. The zero-order valence-electron chi connectivity index (χ0n) is 48.4. The molecule has 0 saturated carbocycles. The highest BCUT2D eigenvalue weighted by Gasteiger charge is 2.47. The Morgan fingerprint density at radius 3 is 0.826 bits per heavy atom. The third kappa shape index (κ3) is 11.0. The van der Waals surface area contributed by atoms with Gasteiger partial charge in [0.1, 0.15) is 23.0 Å². The number of allylic oxidation sites excluding steroid dienone is 2. The van der Waals surface area contributed by atoms with Crippen LogP contribution in [-0.4, -0.2) is 23.9 Å². The maximum absolute atomic E-state index is 12.1. The highest BCUT2D eigenvalue weighted by atomic mass is 16.5. The quantitative estimate of drug-likeness (QED) is 0.0487. The first-order chi connectivity index (χ1) is 41.5. The summed E-state index contributed by atoms with van der Waals surface area (Å²) in [5.74, 6) is 0.0672. The predicted octanol–water partition coefficient (Wildman–Crippen LogP) is 17.7. The summed E-state index contributed by atoms with van der Waals surface area (Å²) in [4.78, 5) is 48.4. The summed E-state index contributed by atoms with van der Waals surface area (Å²) in [6, 6.07) is 73.7. The summed E-state index contributed by atoms with van der Waals surface area (Å²) in [6.07, 6.45) is 3.28. The molecular weight excluding hydrogens is 1060 g/mol. The van der Waals surface area contributed by atoms with Gasteiger partial charge in [-0.25, -0.2) is 19.2 Å². The number of carbonyl (C=O) groups excluding carboxylic acids is 4. The van der Waals surface area contributed by atoms with Gasteiger partial charge in [0.15, 0.2) is 0 Å². The molecule has 0 saturated heterocycles. The summed E-state index contributed by atoms with van der Waals surface area (Å²) in [7, 11) is 0. The number of rotatable bonds is 13. The lowest BCUT2D eigenvalue weighted by atomic mass is 9.67. The monoisotopic (exact) mass is 1130 g/mol. The highest BCUT2D eigenvalue weighted by Crippen LogP contribution is 2.58. The predicted molar refractivity (Wildman–Crippen MR) is 345 cm³/mol. The van der Waals surface area contributed by atoms with E-state index in [0.29, 0.717) is 45.3 Å². The number of carbonyl (C=O) groups is 4. The van der Waals surface area contributed by atoms with Crippen molar-refractivity contribution in [1.29, 1.82) is 0 Å². The van der Waals surface area contributed by atoms with Crippen LogP contribution in [0.5, 0.6) is 23.0 Å². The highest BCUT2D eigenvalue weighted by molar-refractivity contribution is 5.95. The van der Waals surface area contributed by atoms with Crippen LogP contribution in [0.3, 0.4) is 0 Å². The van der Waals surface area contributed by atoms with E-state index in [4.69, 9.17) is 18.9 Å². The summed E-state index contributed by atoms with van der Waals surface area (Å²) in [6.45, 7) is 27.9. The second-order valence-corrected chi connectivity index (χ2v) is 21.3. The smallest absolute Gasteiger partial charge is 0.338 e. The fraction of sp³-hybridized carbons (Fsp3) is 0.0769. The topological polar surface area (TPSA) is 105 Å². The summed E-state index contributed by atoms with van der Waals surface area (Å²) in [5, 5.41) is 4.01. The molecule has 12 rings (SSSR count). The Morgan fingerprint density at radius 2 is 0.535 bits per heavy atom. The van der Waals surface area contributed by atoms with Crippen LogP contribution in [0, 0.1) is 0 Å². The van der Waals surface area contributed by atoms with Crippen LogP contribution >= 0.6 is 0 Å². The Labute approximate surface area is 501 Å². The molecule has 10 aromatic rings. The molecule has 8 heteroatoms. The number of esters is 4. The Kier molecular flexibility index (Phi) is 16.6. The summed E-state index contributed by atoms with van der Waals surface area (Å²) in [5.41, 5.74) is 13.9. The minimum absolute atomic E-state index is 0.339. The van der Waals surface area contributed by atoms with Crippen molar-refractivity contribution in [2.45, 2.75) is 38.5 Å². The van der Waals surface area contributed by atoms with E-state index in [2.05, 4.69) is 149 Å². The van der Waals surface area contributed by atoms with E-state index in [0.717, 1.165) is 66.1 Å². The van der Waals surface area contributed by atoms with E-state index >= 15 is 0 Å². The van der Waals surface area contributed by atoms with Gasteiger partial charge >= 0.3 is 23.9 Å². The van der Waals surface area contributed by atoms with Gasteiger partial charge in [0.2, 0.25) is 0 Å². The molecule has 0 unspecified atom stereocenters. The first-order valence-corrected chi connectivity index (χ1v) is 27.9. The molecule has 10 aromatic carbocycles. The first kappa shape index (κ1) is 58.2. The normalized spacial score (nSPS) is 12.4. The van der Waals surface area contributed by atoms with Gasteiger partial charge in [-0.1, -0.05) is 209 Å². The van der Waals surface area contributed by atoms with E-state index in [1.165, 1.54) is 22.3 Å².